The van der Waals surface area contributed by atoms with Gasteiger partial charge >= 0.3 is 0 Å². The third-order valence-corrected chi connectivity index (χ3v) is 4.10. The fourth-order valence-corrected chi connectivity index (χ4v) is 2.93. The van der Waals surface area contributed by atoms with E-state index in [4.69, 9.17) is 0 Å². The van der Waals surface area contributed by atoms with E-state index in [0.29, 0.717) is 5.75 Å². The van der Waals surface area contributed by atoms with Gasteiger partial charge in [-0.3, -0.25) is 0 Å². The average molecular weight is 250 g/mol. The zero-order valence-electron chi connectivity index (χ0n) is 11.8. The number of benzene rings is 3. The number of rotatable bonds is 0. The third kappa shape index (κ3) is 1.69. The van der Waals surface area contributed by atoms with E-state index in [1.807, 2.05) is 13.8 Å². The predicted octanol–water partition coefficient (Wildman–Crippen LogP) is 4.93. The second-order valence-electron chi connectivity index (χ2n) is 5.49. The lowest BCUT2D eigenvalue weighted by Gasteiger charge is -2.13. The van der Waals surface area contributed by atoms with Crippen LogP contribution in [0.15, 0.2) is 30.3 Å². The number of hydrogen-bond acceptors (Lipinski definition) is 1. The zero-order chi connectivity index (χ0) is 13.7. The maximum Gasteiger partial charge on any atom is 0.122 e. The molecule has 0 aliphatic carbocycles. The van der Waals surface area contributed by atoms with E-state index in [9.17, 15) is 5.11 Å². The molecule has 3 aromatic rings. The molecule has 0 saturated carbocycles. The van der Waals surface area contributed by atoms with Gasteiger partial charge in [0.15, 0.2) is 0 Å². The van der Waals surface area contributed by atoms with E-state index >= 15 is 0 Å². The van der Waals surface area contributed by atoms with E-state index in [1.165, 1.54) is 27.3 Å². The lowest BCUT2D eigenvalue weighted by atomic mass is 9.92. The molecule has 0 saturated heterocycles. The Morgan fingerprint density at radius 2 is 1.42 bits per heavy atom. The summed E-state index contributed by atoms with van der Waals surface area (Å²) < 4.78 is 0. The number of fused-ring (bicyclic) bond motifs is 2. The number of hydrogen-bond donors (Lipinski definition) is 1. The van der Waals surface area contributed by atoms with E-state index in [2.05, 4.69) is 44.2 Å². The highest BCUT2D eigenvalue weighted by atomic mass is 16.3. The number of aryl methyl sites for hydroxylation is 4. The Morgan fingerprint density at radius 1 is 0.737 bits per heavy atom. The van der Waals surface area contributed by atoms with Crippen LogP contribution < -0.4 is 0 Å². The van der Waals surface area contributed by atoms with Crippen molar-refractivity contribution in [2.24, 2.45) is 0 Å². The van der Waals surface area contributed by atoms with Gasteiger partial charge in [-0.2, -0.15) is 0 Å². The summed E-state index contributed by atoms with van der Waals surface area (Å²) in [6.45, 7) is 8.22. The smallest absolute Gasteiger partial charge is 0.122 e. The van der Waals surface area contributed by atoms with Crippen LogP contribution in [0.2, 0.25) is 0 Å². The van der Waals surface area contributed by atoms with Crippen molar-refractivity contribution >= 4 is 21.5 Å². The lowest BCUT2D eigenvalue weighted by molar-refractivity contribution is 0.468. The average Bonchev–Trinajstić information content (AvgIpc) is 2.38. The zero-order valence-corrected chi connectivity index (χ0v) is 11.8. The van der Waals surface area contributed by atoms with Gasteiger partial charge in [-0.25, -0.2) is 0 Å². The molecule has 0 heterocycles. The first-order valence-corrected chi connectivity index (χ1v) is 6.62. The molecular formula is C18H18O. The van der Waals surface area contributed by atoms with Crippen molar-refractivity contribution in [3.05, 3.63) is 52.6 Å². The van der Waals surface area contributed by atoms with Crippen LogP contribution in [0.3, 0.4) is 0 Å². The molecule has 0 aromatic heterocycles. The van der Waals surface area contributed by atoms with Gasteiger partial charge in [0.1, 0.15) is 5.75 Å². The van der Waals surface area contributed by atoms with Crippen molar-refractivity contribution in [2.45, 2.75) is 27.7 Å². The van der Waals surface area contributed by atoms with Crippen LogP contribution >= 0.6 is 0 Å². The minimum Gasteiger partial charge on any atom is -0.507 e. The van der Waals surface area contributed by atoms with E-state index in [1.54, 1.807) is 0 Å². The summed E-state index contributed by atoms with van der Waals surface area (Å²) in [6.07, 6.45) is 0. The highest BCUT2D eigenvalue weighted by molar-refractivity contribution is 6.04. The molecule has 1 nitrogen and oxygen atoms in total. The largest absolute Gasteiger partial charge is 0.507 e. The Morgan fingerprint density at radius 3 is 2.16 bits per heavy atom. The summed E-state index contributed by atoms with van der Waals surface area (Å²) in [5.41, 5.74) is 4.47. The second-order valence-corrected chi connectivity index (χ2v) is 5.49. The summed E-state index contributed by atoms with van der Waals surface area (Å²) >= 11 is 0. The Bertz CT molecular complexity index is 813. The van der Waals surface area contributed by atoms with Gasteiger partial charge in [-0.1, -0.05) is 23.8 Å². The molecular weight excluding hydrogens is 232 g/mol. The maximum absolute atomic E-state index is 10.1. The first-order chi connectivity index (χ1) is 8.99. The molecule has 3 aromatic carbocycles. The third-order valence-electron chi connectivity index (χ3n) is 4.10. The molecule has 1 N–H and O–H groups in total. The summed E-state index contributed by atoms with van der Waals surface area (Å²) in [6, 6.07) is 10.8. The van der Waals surface area contributed by atoms with Gasteiger partial charge in [-0.15, -0.1) is 0 Å². The Balaban J connectivity index is 2.57. The van der Waals surface area contributed by atoms with Crippen molar-refractivity contribution < 1.29 is 5.11 Å². The van der Waals surface area contributed by atoms with Crippen molar-refractivity contribution in [3.63, 3.8) is 0 Å². The van der Waals surface area contributed by atoms with Crippen LogP contribution in [0, 0.1) is 27.7 Å². The van der Waals surface area contributed by atoms with Crippen molar-refractivity contribution in [3.8, 4) is 5.75 Å². The Hall–Kier alpha value is -2.02. The van der Waals surface area contributed by atoms with Crippen LogP contribution in [0.1, 0.15) is 22.3 Å². The second kappa shape index (κ2) is 3.99. The number of aromatic hydroxyl groups is 1. The summed E-state index contributed by atoms with van der Waals surface area (Å²) in [7, 11) is 0. The molecule has 0 unspecified atom stereocenters. The molecule has 0 aliphatic heterocycles. The molecule has 19 heavy (non-hydrogen) atoms. The van der Waals surface area contributed by atoms with E-state index < -0.39 is 0 Å². The van der Waals surface area contributed by atoms with Crippen LogP contribution in [0.4, 0.5) is 0 Å². The molecule has 3 rings (SSSR count). The minimum atomic E-state index is 0.416. The fraction of sp³-hybridized carbons (Fsp3) is 0.222. The summed E-state index contributed by atoms with van der Waals surface area (Å²) in [4.78, 5) is 0. The number of phenols is 1. The van der Waals surface area contributed by atoms with Gasteiger partial charge in [0.25, 0.3) is 0 Å². The van der Waals surface area contributed by atoms with Gasteiger partial charge in [0.2, 0.25) is 0 Å². The van der Waals surface area contributed by atoms with Crippen molar-refractivity contribution in [1.29, 1.82) is 0 Å². The highest BCUT2D eigenvalue weighted by Gasteiger charge is 2.10. The van der Waals surface area contributed by atoms with E-state index in [-0.39, 0.29) is 0 Å². The maximum atomic E-state index is 10.1. The molecule has 0 spiro atoms. The quantitative estimate of drug-likeness (QED) is 0.561. The predicted molar refractivity (Wildman–Crippen MR) is 82.1 cm³/mol. The molecule has 0 radical (unpaired) electrons. The summed E-state index contributed by atoms with van der Waals surface area (Å²) in [5, 5.41) is 15.1. The highest BCUT2D eigenvalue weighted by Crippen LogP contribution is 2.35. The van der Waals surface area contributed by atoms with Crippen LogP contribution in [0.25, 0.3) is 21.5 Å². The van der Waals surface area contributed by atoms with E-state index in [0.717, 1.165) is 16.5 Å². The van der Waals surface area contributed by atoms with Gasteiger partial charge in [0, 0.05) is 0 Å². The van der Waals surface area contributed by atoms with Gasteiger partial charge in [0.05, 0.1) is 0 Å². The summed E-state index contributed by atoms with van der Waals surface area (Å²) in [5.74, 6) is 0.416. The van der Waals surface area contributed by atoms with Crippen molar-refractivity contribution in [2.75, 3.05) is 0 Å². The molecule has 0 aliphatic rings. The van der Waals surface area contributed by atoms with Gasteiger partial charge in [-0.05, 0) is 78.1 Å². The molecule has 0 fully saturated rings. The molecule has 0 bridgehead atoms. The minimum absolute atomic E-state index is 0.416. The standard InChI is InChI=1S/C18H18O/c1-10-5-6-15-12(3)16-8-11(2)18(19)13(4)17(16)9-14(15)7-10/h5-9,19H,1-4H3. The topological polar surface area (TPSA) is 20.2 Å². The normalized spacial score (nSPS) is 11.4. The number of phenolic OH excluding ortho intramolecular Hbond substituents is 1. The lowest BCUT2D eigenvalue weighted by Crippen LogP contribution is -1.89. The SMILES string of the molecule is Cc1ccc2c(C)c3cc(C)c(O)c(C)c3cc2c1. The van der Waals surface area contributed by atoms with Crippen molar-refractivity contribution in [1.82, 2.24) is 0 Å². The Labute approximate surface area is 113 Å². The molecule has 96 valence electrons. The van der Waals surface area contributed by atoms with Crippen LogP contribution in [0.5, 0.6) is 5.75 Å². The Kier molecular flexibility index (Phi) is 2.53. The van der Waals surface area contributed by atoms with Crippen LogP contribution in [-0.4, -0.2) is 5.11 Å². The molecule has 0 atom stereocenters. The first kappa shape index (κ1) is 12.0. The van der Waals surface area contributed by atoms with Gasteiger partial charge < -0.3 is 5.11 Å². The molecule has 0 amide bonds. The fourth-order valence-electron chi connectivity index (χ4n) is 2.93. The van der Waals surface area contributed by atoms with Crippen LogP contribution in [-0.2, 0) is 0 Å². The monoisotopic (exact) mass is 250 g/mol. The molecule has 1 heteroatoms. The first-order valence-electron chi connectivity index (χ1n) is 6.62.